The van der Waals surface area contributed by atoms with Gasteiger partial charge in [-0.25, -0.2) is 0 Å². The van der Waals surface area contributed by atoms with Gasteiger partial charge in [0.15, 0.2) is 0 Å². The van der Waals surface area contributed by atoms with E-state index >= 15 is 0 Å². The minimum Gasteiger partial charge on any atom is -0.456 e. The summed E-state index contributed by atoms with van der Waals surface area (Å²) in [5.74, 6) is 1.65. The molecule has 0 spiro atoms. The van der Waals surface area contributed by atoms with Crippen LogP contribution in [0.5, 0.6) is 11.5 Å². The molecule has 0 radical (unpaired) electrons. The minimum atomic E-state index is 0.820. The number of ether oxygens (including phenoxy) is 1. The zero-order valence-corrected chi connectivity index (χ0v) is 34.4. The minimum absolute atomic E-state index is 0.820. The van der Waals surface area contributed by atoms with Gasteiger partial charge < -0.3 is 14.5 Å². The van der Waals surface area contributed by atoms with Crippen LogP contribution in [0.4, 0.5) is 34.1 Å². The third kappa shape index (κ3) is 6.55. The second-order valence-corrected chi connectivity index (χ2v) is 16.2. The summed E-state index contributed by atoms with van der Waals surface area (Å²) in [6.45, 7) is 0. The lowest BCUT2D eigenvalue weighted by atomic mass is 9.93. The van der Waals surface area contributed by atoms with E-state index in [1.807, 2.05) is 0 Å². The van der Waals surface area contributed by atoms with Gasteiger partial charge in [0.1, 0.15) is 11.5 Å². The Morgan fingerprint density at radius 1 is 0.270 bits per heavy atom. The lowest BCUT2D eigenvalue weighted by Crippen LogP contribution is -2.12. The molecular formula is C60H40N2O. The van der Waals surface area contributed by atoms with Gasteiger partial charge in [-0.3, -0.25) is 0 Å². The maximum Gasteiger partial charge on any atom is 0.138 e. The first-order valence-electron chi connectivity index (χ1n) is 21.5. The lowest BCUT2D eigenvalue weighted by molar-refractivity contribution is 0.487. The van der Waals surface area contributed by atoms with Gasteiger partial charge in [-0.1, -0.05) is 170 Å². The van der Waals surface area contributed by atoms with Gasteiger partial charge in [0.25, 0.3) is 0 Å². The molecule has 0 aromatic heterocycles. The molecule has 1 aliphatic heterocycles. The van der Waals surface area contributed by atoms with Crippen LogP contribution in [0, 0.1) is 0 Å². The summed E-state index contributed by atoms with van der Waals surface area (Å²) in [6, 6.07) is 87.0. The second kappa shape index (κ2) is 15.3. The molecule has 0 unspecified atom stereocenters. The van der Waals surface area contributed by atoms with E-state index in [1.54, 1.807) is 0 Å². The Kier molecular flexibility index (Phi) is 8.83. The fraction of sp³-hybridized carbons (Fsp3) is 0. The smallest absolute Gasteiger partial charge is 0.138 e. The zero-order valence-electron chi connectivity index (χ0n) is 34.4. The molecule has 0 atom stereocenters. The average Bonchev–Trinajstić information content (AvgIpc) is 3.35. The van der Waals surface area contributed by atoms with Crippen LogP contribution < -0.4 is 14.5 Å². The molecule has 0 aliphatic carbocycles. The van der Waals surface area contributed by atoms with Gasteiger partial charge in [0, 0.05) is 51.2 Å². The molecule has 0 saturated heterocycles. The summed E-state index contributed by atoms with van der Waals surface area (Å²) in [7, 11) is 0. The first kappa shape index (κ1) is 36.5. The summed E-state index contributed by atoms with van der Waals surface area (Å²) in [5, 5.41) is 7.00. The maximum atomic E-state index is 7.13. The molecule has 63 heavy (non-hydrogen) atoms. The number of hydrogen-bond acceptors (Lipinski definition) is 3. The molecule has 0 fully saturated rings. The van der Waals surface area contributed by atoms with Crippen molar-refractivity contribution in [3.05, 3.63) is 243 Å². The summed E-state index contributed by atoms with van der Waals surface area (Å²) in [4.78, 5) is 4.70. The molecule has 3 heteroatoms. The van der Waals surface area contributed by atoms with Crippen molar-refractivity contribution in [2.24, 2.45) is 0 Å². The Labute approximate surface area is 367 Å². The van der Waals surface area contributed by atoms with Gasteiger partial charge in [-0.15, -0.1) is 0 Å². The molecule has 0 saturated carbocycles. The zero-order chi connectivity index (χ0) is 41.7. The highest BCUT2D eigenvalue weighted by Crippen LogP contribution is 2.52. The number of nitrogens with zero attached hydrogens (tertiary/aromatic N) is 2. The highest BCUT2D eigenvalue weighted by atomic mass is 16.5. The number of benzene rings is 11. The van der Waals surface area contributed by atoms with Crippen molar-refractivity contribution in [1.29, 1.82) is 0 Å². The van der Waals surface area contributed by atoms with E-state index < -0.39 is 0 Å². The number of rotatable bonds is 8. The first-order chi connectivity index (χ1) is 31.2. The highest BCUT2D eigenvalue weighted by Gasteiger charge is 2.25. The van der Waals surface area contributed by atoms with E-state index in [9.17, 15) is 0 Å². The van der Waals surface area contributed by atoms with Crippen LogP contribution in [0.15, 0.2) is 243 Å². The third-order valence-corrected chi connectivity index (χ3v) is 12.4. The van der Waals surface area contributed by atoms with Crippen LogP contribution in [0.1, 0.15) is 0 Å². The topological polar surface area (TPSA) is 15.7 Å². The summed E-state index contributed by atoms with van der Waals surface area (Å²) >= 11 is 0. The van der Waals surface area contributed by atoms with E-state index in [-0.39, 0.29) is 0 Å². The predicted molar refractivity (Wildman–Crippen MR) is 265 cm³/mol. The first-order valence-corrected chi connectivity index (χ1v) is 21.5. The molecular weight excluding hydrogens is 765 g/mol. The Morgan fingerprint density at radius 2 is 0.778 bits per heavy atom. The van der Waals surface area contributed by atoms with E-state index in [1.165, 1.54) is 43.8 Å². The van der Waals surface area contributed by atoms with Crippen LogP contribution in [-0.2, 0) is 0 Å². The second-order valence-electron chi connectivity index (χ2n) is 16.2. The molecule has 12 rings (SSSR count). The molecule has 1 heterocycles. The molecule has 296 valence electrons. The molecule has 3 nitrogen and oxygen atoms in total. The van der Waals surface area contributed by atoms with Crippen molar-refractivity contribution in [2.75, 3.05) is 9.80 Å². The Hall–Kier alpha value is -8.40. The normalized spacial score (nSPS) is 11.6. The average molecular weight is 805 g/mol. The maximum absolute atomic E-state index is 7.13. The van der Waals surface area contributed by atoms with Crippen molar-refractivity contribution in [3.8, 4) is 44.9 Å². The van der Waals surface area contributed by atoms with Crippen molar-refractivity contribution in [3.63, 3.8) is 0 Å². The van der Waals surface area contributed by atoms with Crippen molar-refractivity contribution in [1.82, 2.24) is 0 Å². The van der Waals surface area contributed by atoms with Crippen molar-refractivity contribution >= 4 is 66.4 Å². The molecule has 0 bridgehead atoms. The molecule has 11 aromatic rings. The fourth-order valence-corrected chi connectivity index (χ4v) is 9.34. The van der Waals surface area contributed by atoms with Gasteiger partial charge in [-0.05, 0) is 110 Å². The van der Waals surface area contributed by atoms with Crippen LogP contribution in [0.2, 0.25) is 0 Å². The lowest BCUT2D eigenvalue weighted by Gasteiger charge is -2.30. The number of fused-ring (bicyclic) bond motifs is 4. The van der Waals surface area contributed by atoms with E-state index in [2.05, 4.69) is 252 Å². The van der Waals surface area contributed by atoms with E-state index in [4.69, 9.17) is 4.74 Å². The molecule has 0 N–H and O–H groups in total. The van der Waals surface area contributed by atoms with Gasteiger partial charge in [0.2, 0.25) is 0 Å². The SMILES string of the molecule is c1ccc(-c2ccc(N(c3ccc4ccccc4c3)c3cc4c5c(cccc5c3)-c3ccc(N(c5ccc(-c6ccccc6)cc5)c5cccc6ccccc56)cc3O4)cc2)cc1. The van der Waals surface area contributed by atoms with Gasteiger partial charge in [0.05, 0.1) is 11.4 Å². The number of anilines is 6. The van der Waals surface area contributed by atoms with Crippen molar-refractivity contribution < 1.29 is 4.74 Å². The van der Waals surface area contributed by atoms with Gasteiger partial charge >= 0.3 is 0 Å². The Morgan fingerprint density at radius 3 is 1.51 bits per heavy atom. The van der Waals surface area contributed by atoms with Crippen LogP contribution >= 0.6 is 0 Å². The van der Waals surface area contributed by atoms with Crippen LogP contribution in [-0.4, -0.2) is 0 Å². The van der Waals surface area contributed by atoms with Crippen LogP contribution in [0.3, 0.4) is 0 Å². The molecule has 1 aliphatic rings. The summed E-state index contributed by atoms with van der Waals surface area (Å²) < 4.78 is 7.13. The fourth-order valence-electron chi connectivity index (χ4n) is 9.34. The van der Waals surface area contributed by atoms with Crippen molar-refractivity contribution in [2.45, 2.75) is 0 Å². The summed E-state index contributed by atoms with van der Waals surface area (Å²) in [6.07, 6.45) is 0. The van der Waals surface area contributed by atoms with Gasteiger partial charge in [-0.2, -0.15) is 0 Å². The monoisotopic (exact) mass is 804 g/mol. The summed E-state index contributed by atoms with van der Waals surface area (Å²) in [5.41, 5.74) is 13.3. The Balaban J connectivity index is 0.990. The largest absolute Gasteiger partial charge is 0.456 e. The third-order valence-electron chi connectivity index (χ3n) is 12.4. The van der Waals surface area contributed by atoms with E-state index in [0.29, 0.717) is 0 Å². The molecule has 0 amide bonds. The van der Waals surface area contributed by atoms with E-state index in [0.717, 1.165) is 67.5 Å². The quantitative estimate of drug-likeness (QED) is 0.152. The number of hydrogen-bond donors (Lipinski definition) is 0. The Bertz CT molecular complexity index is 3470. The standard InChI is InChI=1S/C60H40N2O/c1-3-13-41(14-4-1)44-25-30-49(31-26-44)61(51-34-29-43-17-7-8-19-47(43)37-51)53-38-48-21-11-23-56-55-36-35-52(39-58(55)63-59(40-53)60(48)56)62(57-24-12-20-46-18-9-10-22-54(46)57)50-32-27-45(28-33-50)42-15-5-2-6-16-42/h1-40H. The molecule has 11 aromatic carbocycles. The van der Waals surface area contributed by atoms with Crippen LogP contribution in [0.25, 0.3) is 65.7 Å². The highest BCUT2D eigenvalue weighted by molar-refractivity contribution is 6.07. The predicted octanol–water partition coefficient (Wildman–Crippen LogP) is 17.2.